The summed E-state index contributed by atoms with van der Waals surface area (Å²) >= 11 is 0. The van der Waals surface area contributed by atoms with E-state index < -0.39 is 0 Å². The molecule has 3 heteroatoms. The van der Waals surface area contributed by atoms with Gasteiger partial charge in [-0.3, -0.25) is 4.79 Å². The molecule has 23 heavy (non-hydrogen) atoms. The molecular formula is C20H21NO2. The van der Waals surface area contributed by atoms with Crippen LogP contribution in [0, 0.1) is 0 Å². The molecular weight excluding hydrogens is 286 g/mol. The van der Waals surface area contributed by atoms with Gasteiger partial charge < -0.3 is 9.64 Å². The average molecular weight is 307 g/mol. The average Bonchev–Trinajstić information content (AvgIpc) is 2.60. The van der Waals surface area contributed by atoms with Crippen molar-refractivity contribution < 1.29 is 9.53 Å². The summed E-state index contributed by atoms with van der Waals surface area (Å²) in [6.45, 7) is 8.86. The highest BCUT2D eigenvalue weighted by Gasteiger charge is 2.13. The molecule has 0 aliphatic heterocycles. The van der Waals surface area contributed by atoms with E-state index in [-0.39, 0.29) is 5.91 Å². The minimum Gasteiger partial charge on any atom is -0.489 e. The third kappa shape index (κ3) is 4.85. The lowest BCUT2D eigenvalue weighted by molar-refractivity contribution is 0.0791. The molecule has 3 nitrogen and oxygen atoms in total. The maximum atomic E-state index is 12.4. The topological polar surface area (TPSA) is 29.5 Å². The maximum Gasteiger partial charge on any atom is 0.254 e. The van der Waals surface area contributed by atoms with E-state index >= 15 is 0 Å². The number of ether oxygens (including phenoxy) is 1. The van der Waals surface area contributed by atoms with Gasteiger partial charge in [-0.15, -0.1) is 13.2 Å². The second kappa shape index (κ2) is 8.59. The number of carbonyl (C=O) groups excluding carboxylic acids is 1. The molecule has 0 aliphatic carbocycles. The molecule has 0 fully saturated rings. The van der Waals surface area contributed by atoms with E-state index in [9.17, 15) is 4.79 Å². The maximum absolute atomic E-state index is 12.4. The molecule has 2 aromatic carbocycles. The summed E-state index contributed by atoms with van der Waals surface area (Å²) in [5.41, 5.74) is 1.73. The van der Waals surface area contributed by atoms with Crippen molar-refractivity contribution >= 4 is 5.91 Å². The van der Waals surface area contributed by atoms with Crippen LogP contribution in [0.25, 0.3) is 0 Å². The van der Waals surface area contributed by atoms with E-state index in [0.29, 0.717) is 25.3 Å². The molecule has 2 aromatic rings. The van der Waals surface area contributed by atoms with Gasteiger partial charge in [0, 0.05) is 18.7 Å². The summed E-state index contributed by atoms with van der Waals surface area (Å²) in [7, 11) is 0. The normalized spacial score (nSPS) is 9.91. The van der Waals surface area contributed by atoms with Crippen LogP contribution < -0.4 is 4.74 Å². The summed E-state index contributed by atoms with van der Waals surface area (Å²) < 4.78 is 5.73. The fraction of sp³-hybridized carbons (Fsp3) is 0.150. The van der Waals surface area contributed by atoms with Crippen LogP contribution in [0.2, 0.25) is 0 Å². The Labute approximate surface area is 137 Å². The molecule has 0 saturated carbocycles. The molecule has 118 valence electrons. The molecule has 0 aromatic heterocycles. The molecule has 0 N–H and O–H groups in total. The summed E-state index contributed by atoms with van der Waals surface area (Å²) in [6.07, 6.45) is 3.41. The van der Waals surface area contributed by atoms with Crippen LogP contribution >= 0.6 is 0 Å². The first-order chi connectivity index (χ1) is 11.2. The van der Waals surface area contributed by atoms with Crippen LogP contribution in [0.15, 0.2) is 79.9 Å². The first-order valence-corrected chi connectivity index (χ1v) is 7.52. The van der Waals surface area contributed by atoms with E-state index in [2.05, 4.69) is 13.2 Å². The third-order valence-corrected chi connectivity index (χ3v) is 3.34. The van der Waals surface area contributed by atoms with Crippen LogP contribution in [0.4, 0.5) is 0 Å². The molecule has 1 amide bonds. The largest absolute Gasteiger partial charge is 0.489 e. The number of rotatable bonds is 8. The third-order valence-electron chi connectivity index (χ3n) is 3.34. The van der Waals surface area contributed by atoms with Crippen molar-refractivity contribution in [2.75, 3.05) is 13.1 Å². The quantitative estimate of drug-likeness (QED) is 0.688. The second-order valence-corrected chi connectivity index (χ2v) is 5.09. The molecule has 0 spiro atoms. The van der Waals surface area contributed by atoms with Crippen molar-refractivity contribution in [3.05, 3.63) is 91.0 Å². The molecule has 0 bridgehead atoms. The van der Waals surface area contributed by atoms with E-state index in [1.807, 2.05) is 42.5 Å². The monoisotopic (exact) mass is 307 g/mol. The Balaban J connectivity index is 1.99. The number of carbonyl (C=O) groups is 1. The molecule has 0 heterocycles. The van der Waals surface area contributed by atoms with Gasteiger partial charge in [0.1, 0.15) is 12.4 Å². The molecule has 0 aliphatic rings. The summed E-state index contributed by atoms with van der Waals surface area (Å²) in [6, 6.07) is 17.2. The zero-order valence-corrected chi connectivity index (χ0v) is 13.2. The van der Waals surface area contributed by atoms with Gasteiger partial charge in [0.2, 0.25) is 0 Å². The van der Waals surface area contributed by atoms with Crippen molar-refractivity contribution in [1.29, 1.82) is 0 Å². The number of hydrogen-bond donors (Lipinski definition) is 0. The standard InChI is InChI=1S/C20H21NO2/c1-3-14-21(15-4-2)20(22)18-10-12-19(13-11-18)23-16-17-8-6-5-7-9-17/h3-13H,1-2,14-16H2. The van der Waals surface area contributed by atoms with Crippen molar-refractivity contribution in [1.82, 2.24) is 4.90 Å². The SMILES string of the molecule is C=CCN(CC=C)C(=O)c1ccc(OCc2ccccc2)cc1. The van der Waals surface area contributed by atoms with Crippen molar-refractivity contribution in [2.45, 2.75) is 6.61 Å². The van der Waals surface area contributed by atoms with Gasteiger partial charge in [-0.2, -0.15) is 0 Å². The van der Waals surface area contributed by atoms with E-state index in [1.54, 1.807) is 29.2 Å². The number of nitrogens with zero attached hydrogens (tertiary/aromatic N) is 1. The first-order valence-electron chi connectivity index (χ1n) is 7.52. The van der Waals surface area contributed by atoms with Crippen LogP contribution in [-0.2, 0) is 6.61 Å². The molecule has 0 radical (unpaired) electrons. The van der Waals surface area contributed by atoms with Gasteiger partial charge >= 0.3 is 0 Å². The van der Waals surface area contributed by atoms with Gasteiger partial charge in [0.25, 0.3) is 5.91 Å². The molecule has 0 atom stereocenters. The fourth-order valence-corrected chi connectivity index (χ4v) is 2.17. The van der Waals surface area contributed by atoms with Gasteiger partial charge in [0.15, 0.2) is 0 Å². The zero-order valence-electron chi connectivity index (χ0n) is 13.2. The van der Waals surface area contributed by atoms with Crippen molar-refractivity contribution in [3.8, 4) is 5.75 Å². The lowest BCUT2D eigenvalue weighted by Gasteiger charge is -2.19. The van der Waals surface area contributed by atoms with Gasteiger partial charge in [-0.1, -0.05) is 42.5 Å². The molecule has 0 unspecified atom stereocenters. The predicted molar refractivity (Wildman–Crippen MR) is 93.5 cm³/mol. The second-order valence-electron chi connectivity index (χ2n) is 5.09. The van der Waals surface area contributed by atoms with Gasteiger partial charge in [-0.25, -0.2) is 0 Å². The Morgan fingerprint density at radius 2 is 1.57 bits per heavy atom. The Bertz CT molecular complexity index is 637. The Morgan fingerprint density at radius 3 is 2.13 bits per heavy atom. The Kier molecular flexibility index (Phi) is 6.18. The Hall–Kier alpha value is -2.81. The van der Waals surface area contributed by atoms with Gasteiger partial charge in [-0.05, 0) is 29.8 Å². The number of benzene rings is 2. The van der Waals surface area contributed by atoms with Crippen LogP contribution in [0.5, 0.6) is 5.75 Å². The van der Waals surface area contributed by atoms with Crippen molar-refractivity contribution in [2.24, 2.45) is 0 Å². The van der Waals surface area contributed by atoms with E-state index in [1.165, 1.54) is 0 Å². The summed E-state index contributed by atoms with van der Waals surface area (Å²) in [4.78, 5) is 14.1. The fourth-order valence-electron chi connectivity index (χ4n) is 2.17. The van der Waals surface area contributed by atoms with Crippen LogP contribution in [-0.4, -0.2) is 23.9 Å². The van der Waals surface area contributed by atoms with Crippen LogP contribution in [0.3, 0.4) is 0 Å². The lowest BCUT2D eigenvalue weighted by Crippen LogP contribution is -2.31. The molecule has 2 rings (SSSR count). The number of amides is 1. The minimum absolute atomic E-state index is 0.0422. The van der Waals surface area contributed by atoms with E-state index in [0.717, 1.165) is 11.3 Å². The highest BCUT2D eigenvalue weighted by atomic mass is 16.5. The number of hydrogen-bond acceptors (Lipinski definition) is 2. The molecule has 0 saturated heterocycles. The highest BCUT2D eigenvalue weighted by Crippen LogP contribution is 2.15. The predicted octanol–water partition coefficient (Wildman–Crippen LogP) is 4.08. The zero-order chi connectivity index (χ0) is 16.5. The van der Waals surface area contributed by atoms with Crippen LogP contribution in [0.1, 0.15) is 15.9 Å². The first kappa shape index (κ1) is 16.6. The minimum atomic E-state index is -0.0422. The Morgan fingerprint density at radius 1 is 0.957 bits per heavy atom. The summed E-state index contributed by atoms with van der Waals surface area (Å²) in [5.74, 6) is 0.698. The smallest absolute Gasteiger partial charge is 0.254 e. The van der Waals surface area contributed by atoms with Crippen molar-refractivity contribution in [3.63, 3.8) is 0 Å². The highest BCUT2D eigenvalue weighted by molar-refractivity contribution is 5.94. The van der Waals surface area contributed by atoms with Gasteiger partial charge in [0.05, 0.1) is 0 Å². The van der Waals surface area contributed by atoms with E-state index in [4.69, 9.17) is 4.74 Å². The lowest BCUT2D eigenvalue weighted by atomic mass is 10.2. The summed E-state index contributed by atoms with van der Waals surface area (Å²) in [5, 5.41) is 0.